The maximum atomic E-state index is 11.4. The van der Waals surface area contributed by atoms with Crippen LogP contribution in [0.5, 0.6) is 0 Å². The third-order valence-corrected chi connectivity index (χ3v) is 3.74. The minimum Gasteiger partial charge on any atom is -0.481 e. The van der Waals surface area contributed by atoms with Crippen LogP contribution in [-0.2, 0) is 23.8 Å². The van der Waals surface area contributed by atoms with Crippen LogP contribution in [0.3, 0.4) is 0 Å². The van der Waals surface area contributed by atoms with Gasteiger partial charge in [0.1, 0.15) is 24.4 Å². The number of nitrogens with one attached hydrogen (secondary N) is 1. The van der Waals surface area contributed by atoms with Crippen molar-refractivity contribution in [3.8, 4) is 0 Å². The molecule has 11 heteroatoms. The molecular weight excluding hydrogens is 354 g/mol. The highest BCUT2D eigenvalue weighted by Gasteiger charge is 2.44. The summed E-state index contributed by atoms with van der Waals surface area (Å²) in [4.78, 5) is 21.7. The van der Waals surface area contributed by atoms with Crippen molar-refractivity contribution < 1.29 is 49.3 Å². The molecule has 1 aliphatic rings. The zero-order chi connectivity index (χ0) is 19.5. The van der Waals surface area contributed by atoms with Crippen LogP contribution in [0.2, 0.25) is 0 Å². The molecule has 1 rings (SSSR count). The largest absolute Gasteiger partial charge is 0.481 e. The number of aliphatic hydroxyl groups is 4. The van der Waals surface area contributed by atoms with Crippen LogP contribution < -0.4 is 5.32 Å². The molecule has 0 saturated carbocycles. The smallest absolute Gasteiger partial charge is 0.303 e. The molecule has 0 aromatic rings. The van der Waals surface area contributed by atoms with Crippen LogP contribution in [0.1, 0.15) is 19.3 Å². The number of carbonyl (C=O) groups is 2. The lowest BCUT2D eigenvalue weighted by molar-refractivity contribution is -0.297. The van der Waals surface area contributed by atoms with Gasteiger partial charge in [-0.2, -0.15) is 0 Å². The average Bonchev–Trinajstić information content (AvgIpc) is 2.59. The fourth-order valence-electron chi connectivity index (χ4n) is 2.35. The minimum atomic E-state index is -1.49. The molecule has 26 heavy (non-hydrogen) atoms. The van der Waals surface area contributed by atoms with Gasteiger partial charge in [-0.25, -0.2) is 0 Å². The van der Waals surface area contributed by atoms with E-state index >= 15 is 0 Å². The molecule has 0 aromatic carbocycles. The summed E-state index contributed by atoms with van der Waals surface area (Å²) in [7, 11) is 0. The van der Waals surface area contributed by atoms with Crippen LogP contribution in [0, 0.1) is 0 Å². The standard InChI is InChI=1S/C15H27NO10/c17-8-9-12(21)13(22)14(15(23)26-9)25-7-6-24-5-4-16-10(18)2-1-3-11(19)20/h9,12-15,17,21-23H,1-8H2,(H,16,18)(H,19,20)/t9?,12-,13+,14?,15-/m1/s1. The number of carbonyl (C=O) groups excluding carboxylic acids is 1. The summed E-state index contributed by atoms with van der Waals surface area (Å²) < 4.78 is 15.4. The van der Waals surface area contributed by atoms with E-state index < -0.39 is 43.3 Å². The van der Waals surface area contributed by atoms with Crippen molar-refractivity contribution >= 4 is 11.9 Å². The quantitative estimate of drug-likeness (QED) is 0.194. The second-order valence-electron chi connectivity index (χ2n) is 5.77. The van der Waals surface area contributed by atoms with Gasteiger partial charge in [0.25, 0.3) is 0 Å². The Morgan fingerprint density at radius 3 is 2.42 bits per heavy atom. The zero-order valence-corrected chi connectivity index (χ0v) is 14.3. The van der Waals surface area contributed by atoms with Gasteiger partial charge in [-0.05, 0) is 6.42 Å². The number of amides is 1. The fraction of sp³-hybridized carbons (Fsp3) is 0.867. The number of carboxylic acids is 1. The first-order valence-corrected chi connectivity index (χ1v) is 8.35. The van der Waals surface area contributed by atoms with E-state index in [2.05, 4.69) is 5.32 Å². The van der Waals surface area contributed by atoms with Gasteiger partial charge in [-0.3, -0.25) is 9.59 Å². The van der Waals surface area contributed by atoms with E-state index in [9.17, 15) is 24.9 Å². The molecule has 1 fully saturated rings. The van der Waals surface area contributed by atoms with Gasteiger partial charge in [-0.15, -0.1) is 0 Å². The van der Waals surface area contributed by atoms with Gasteiger partial charge >= 0.3 is 5.97 Å². The van der Waals surface area contributed by atoms with E-state index in [0.29, 0.717) is 0 Å². The van der Waals surface area contributed by atoms with Crippen LogP contribution in [0.4, 0.5) is 0 Å². The molecule has 2 unspecified atom stereocenters. The topological polar surface area (TPSA) is 175 Å². The van der Waals surface area contributed by atoms with Gasteiger partial charge < -0.3 is 45.1 Å². The first kappa shape index (κ1) is 22.7. The van der Waals surface area contributed by atoms with Crippen LogP contribution in [0.25, 0.3) is 0 Å². The molecule has 152 valence electrons. The maximum absolute atomic E-state index is 11.4. The lowest BCUT2D eigenvalue weighted by Crippen LogP contribution is -2.59. The van der Waals surface area contributed by atoms with E-state index in [4.69, 9.17) is 24.4 Å². The third-order valence-electron chi connectivity index (χ3n) is 3.74. The van der Waals surface area contributed by atoms with Crippen LogP contribution in [0.15, 0.2) is 0 Å². The average molecular weight is 381 g/mol. The Morgan fingerprint density at radius 1 is 1.04 bits per heavy atom. The first-order valence-electron chi connectivity index (χ1n) is 8.35. The first-order chi connectivity index (χ1) is 12.4. The number of hydrogen-bond acceptors (Lipinski definition) is 9. The summed E-state index contributed by atoms with van der Waals surface area (Å²) >= 11 is 0. The minimum absolute atomic E-state index is 0.00517. The van der Waals surface area contributed by atoms with Gasteiger partial charge in [-0.1, -0.05) is 0 Å². The molecule has 1 amide bonds. The van der Waals surface area contributed by atoms with E-state index in [1.807, 2.05) is 0 Å². The molecular formula is C15H27NO10. The molecule has 1 heterocycles. The van der Waals surface area contributed by atoms with Gasteiger partial charge in [0.05, 0.1) is 26.4 Å². The Balaban J connectivity index is 2.08. The molecule has 0 aromatic heterocycles. The Morgan fingerprint density at radius 2 is 1.77 bits per heavy atom. The zero-order valence-electron chi connectivity index (χ0n) is 14.3. The summed E-state index contributed by atoms with van der Waals surface area (Å²) in [6, 6.07) is 0. The molecule has 6 N–H and O–H groups in total. The number of aliphatic hydroxyl groups excluding tert-OH is 4. The number of hydrogen-bond donors (Lipinski definition) is 6. The van der Waals surface area contributed by atoms with E-state index in [-0.39, 0.29) is 51.5 Å². The summed E-state index contributed by atoms with van der Waals surface area (Å²) in [5.41, 5.74) is 0. The van der Waals surface area contributed by atoms with Crippen molar-refractivity contribution in [2.75, 3.05) is 33.0 Å². The number of carboxylic acid groups (broad SMARTS) is 1. The van der Waals surface area contributed by atoms with Crippen molar-refractivity contribution in [1.29, 1.82) is 0 Å². The Kier molecular flexibility index (Phi) is 10.6. The third kappa shape index (κ3) is 7.91. The molecule has 5 atom stereocenters. The van der Waals surface area contributed by atoms with Crippen molar-refractivity contribution in [3.05, 3.63) is 0 Å². The lowest BCUT2D eigenvalue weighted by Gasteiger charge is -2.39. The van der Waals surface area contributed by atoms with Gasteiger partial charge in [0.2, 0.25) is 5.91 Å². The number of aliphatic carboxylic acids is 1. The maximum Gasteiger partial charge on any atom is 0.303 e. The van der Waals surface area contributed by atoms with E-state index in [1.54, 1.807) is 0 Å². The Bertz CT molecular complexity index is 435. The second kappa shape index (κ2) is 12.1. The second-order valence-corrected chi connectivity index (χ2v) is 5.77. The number of ether oxygens (including phenoxy) is 3. The molecule has 0 spiro atoms. The Hall–Kier alpha value is -1.34. The van der Waals surface area contributed by atoms with E-state index in [1.165, 1.54) is 0 Å². The predicted octanol–water partition coefficient (Wildman–Crippen LogP) is -2.81. The highest BCUT2D eigenvalue weighted by Crippen LogP contribution is 2.21. The van der Waals surface area contributed by atoms with Crippen LogP contribution in [-0.4, -0.2) is 101 Å². The van der Waals surface area contributed by atoms with Crippen molar-refractivity contribution in [3.63, 3.8) is 0 Å². The molecule has 11 nitrogen and oxygen atoms in total. The van der Waals surface area contributed by atoms with Gasteiger partial charge in [0.15, 0.2) is 6.29 Å². The molecule has 0 radical (unpaired) electrons. The molecule has 0 bridgehead atoms. The fourth-order valence-corrected chi connectivity index (χ4v) is 2.35. The normalized spacial score (nSPS) is 28.7. The van der Waals surface area contributed by atoms with Crippen LogP contribution >= 0.6 is 0 Å². The number of rotatable bonds is 12. The lowest BCUT2D eigenvalue weighted by atomic mass is 9.99. The molecule has 1 aliphatic heterocycles. The summed E-state index contributed by atoms with van der Waals surface area (Å²) in [6.45, 7) is 0.0266. The summed E-state index contributed by atoms with van der Waals surface area (Å²) in [5.74, 6) is -1.21. The van der Waals surface area contributed by atoms with Crippen molar-refractivity contribution in [2.45, 2.75) is 50.0 Å². The highest BCUT2D eigenvalue weighted by atomic mass is 16.7. The van der Waals surface area contributed by atoms with Gasteiger partial charge in [0, 0.05) is 19.4 Å². The Labute approximate surface area is 150 Å². The van der Waals surface area contributed by atoms with Crippen molar-refractivity contribution in [2.24, 2.45) is 0 Å². The summed E-state index contributed by atoms with van der Waals surface area (Å²) in [6.07, 6.45) is -6.21. The van der Waals surface area contributed by atoms with Crippen molar-refractivity contribution in [1.82, 2.24) is 5.32 Å². The molecule has 1 saturated heterocycles. The molecule has 0 aliphatic carbocycles. The van der Waals surface area contributed by atoms with E-state index in [0.717, 1.165) is 0 Å². The highest BCUT2D eigenvalue weighted by molar-refractivity contribution is 5.76. The summed E-state index contributed by atoms with van der Waals surface area (Å²) in [5, 5.41) is 49.3. The SMILES string of the molecule is O=C(O)CCCC(=O)NCCOCCOC1[C@H](O)OC(CO)[C@@H](O)[C@@H]1O. The predicted molar refractivity (Wildman–Crippen MR) is 85.0 cm³/mol. The monoisotopic (exact) mass is 381 g/mol.